The summed E-state index contributed by atoms with van der Waals surface area (Å²) in [4.78, 5) is 12.3. The Morgan fingerprint density at radius 2 is 1.95 bits per heavy atom. The molecule has 6 heteroatoms. The number of carbonyl (C=O) groups excluding carboxylic acids is 1. The second-order valence-electron chi connectivity index (χ2n) is 4.92. The van der Waals surface area contributed by atoms with Gasteiger partial charge in [-0.2, -0.15) is 0 Å². The highest BCUT2D eigenvalue weighted by Crippen LogP contribution is 2.41. The predicted octanol–water partition coefficient (Wildman–Crippen LogP) is 1.78. The molecule has 0 radical (unpaired) electrons. The molecular weight excluding hydrogens is 288 g/mol. The first-order chi connectivity index (χ1) is 10.5. The Morgan fingerprint density at radius 3 is 2.68 bits per heavy atom. The van der Waals surface area contributed by atoms with E-state index in [4.69, 9.17) is 9.47 Å². The molecule has 3 N–H and O–H groups in total. The number of hydrogen-bond donors (Lipinski definition) is 3. The van der Waals surface area contributed by atoms with Gasteiger partial charge in [-0.1, -0.05) is 12.1 Å². The minimum Gasteiger partial charge on any atom is -0.504 e. The van der Waals surface area contributed by atoms with E-state index >= 15 is 0 Å². The van der Waals surface area contributed by atoms with Gasteiger partial charge in [-0.15, -0.1) is 0 Å². The van der Waals surface area contributed by atoms with E-state index < -0.39 is 23.7 Å². The average molecular weight is 302 g/mol. The van der Waals surface area contributed by atoms with Crippen LogP contribution in [0.4, 0.5) is 0 Å². The molecule has 0 saturated carbocycles. The highest BCUT2D eigenvalue weighted by Gasteiger charge is 2.38. The lowest BCUT2D eigenvalue weighted by molar-refractivity contribution is 0.0207. The van der Waals surface area contributed by atoms with Crippen molar-refractivity contribution < 1.29 is 29.6 Å². The summed E-state index contributed by atoms with van der Waals surface area (Å²) in [6.45, 7) is 0. The average Bonchev–Trinajstić information content (AvgIpc) is 2.53. The normalized spacial score (nSPS) is 20.2. The maximum absolute atomic E-state index is 12.3. The summed E-state index contributed by atoms with van der Waals surface area (Å²) >= 11 is 0. The van der Waals surface area contributed by atoms with Crippen LogP contribution in [-0.2, 0) is 0 Å². The van der Waals surface area contributed by atoms with Crippen LogP contribution in [0.15, 0.2) is 36.4 Å². The highest BCUT2D eigenvalue weighted by atomic mass is 16.5. The number of fused-ring (bicyclic) bond motifs is 1. The van der Waals surface area contributed by atoms with Crippen LogP contribution in [0.1, 0.15) is 22.0 Å². The number of aliphatic hydroxyl groups is 1. The Labute approximate surface area is 126 Å². The summed E-state index contributed by atoms with van der Waals surface area (Å²) in [5.74, 6) is -0.545. The first kappa shape index (κ1) is 14.2. The lowest BCUT2D eigenvalue weighted by atomic mass is 9.93. The first-order valence-electron chi connectivity index (χ1n) is 6.60. The maximum atomic E-state index is 12.3. The van der Waals surface area contributed by atoms with Crippen LogP contribution in [0.25, 0.3) is 0 Å². The lowest BCUT2D eigenvalue weighted by Crippen LogP contribution is -2.36. The van der Waals surface area contributed by atoms with Gasteiger partial charge in [0, 0.05) is 5.56 Å². The molecule has 0 fully saturated rings. The Balaban J connectivity index is 2.06. The van der Waals surface area contributed by atoms with Crippen LogP contribution < -0.4 is 9.47 Å². The van der Waals surface area contributed by atoms with Crippen molar-refractivity contribution in [2.75, 3.05) is 7.11 Å². The zero-order valence-electron chi connectivity index (χ0n) is 11.7. The highest BCUT2D eigenvalue weighted by molar-refractivity contribution is 6.03. The second kappa shape index (κ2) is 5.23. The number of ketones is 1. The molecule has 1 heterocycles. The molecule has 114 valence electrons. The lowest BCUT2D eigenvalue weighted by Gasteiger charge is -2.30. The summed E-state index contributed by atoms with van der Waals surface area (Å²) in [5, 5.41) is 29.7. The predicted molar refractivity (Wildman–Crippen MR) is 76.5 cm³/mol. The van der Waals surface area contributed by atoms with Gasteiger partial charge in [0.25, 0.3) is 0 Å². The van der Waals surface area contributed by atoms with E-state index in [0.29, 0.717) is 5.75 Å². The number of aliphatic hydroxyl groups excluding tert-OH is 1. The van der Waals surface area contributed by atoms with Crippen LogP contribution >= 0.6 is 0 Å². The van der Waals surface area contributed by atoms with Crippen molar-refractivity contribution in [3.05, 3.63) is 47.5 Å². The van der Waals surface area contributed by atoms with Crippen LogP contribution in [0.5, 0.6) is 23.0 Å². The van der Waals surface area contributed by atoms with Gasteiger partial charge in [-0.3, -0.25) is 4.79 Å². The van der Waals surface area contributed by atoms with E-state index in [1.165, 1.54) is 31.4 Å². The smallest absolute Gasteiger partial charge is 0.199 e. The number of aromatic hydroxyl groups is 2. The first-order valence-corrected chi connectivity index (χ1v) is 6.60. The van der Waals surface area contributed by atoms with Crippen molar-refractivity contribution in [1.82, 2.24) is 0 Å². The Morgan fingerprint density at radius 1 is 1.18 bits per heavy atom. The number of benzene rings is 2. The Hall–Kier alpha value is -2.73. The minimum atomic E-state index is -1.49. The van der Waals surface area contributed by atoms with E-state index in [-0.39, 0.29) is 22.6 Å². The fraction of sp³-hybridized carbons (Fsp3) is 0.188. The third kappa shape index (κ3) is 2.14. The van der Waals surface area contributed by atoms with E-state index in [9.17, 15) is 20.1 Å². The van der Waals surface area contributed by atoms with Crippen molar-refractivity contribution in [2.45, 2.75) is 12.2 Å². The molecule has 0 saturated heterocycles. The Kier molecular flexibility index (Phi) is 3.38. The summed E-state index contributed by atoms with van der Waals surface area (Å²) in [5.41, 5.74) is 0.352. The largest absolute Gasteiger partial charge is 0.504 e. The van der Waals surface area contributed by atoms with Gasteiger partial charge >= 0.3 is 0 Å². The fourth-order valence-electron chi connectivity index (χ4n) is 2.44. The standard InChI is InChI=1S/C16H14O6/c1-21-8-5-6-12-10(7-8)14(19)15(20)16(22-12)9-3-2-4-11(17)13(9)18/h2-7,15-18,20H,1H3/t15-,16+/m1/s1. The molecule has 0 unspecified atom stereocenters. The minimum absolute atomic E-state index is 0.141. The van der Waals surface area contributed by atoms with Gasteiger partial charge in [0.15, 0.2) is 29.5 Å². The van der Waals surface area contributed by atoms with Gasteiger partial charge in [0.1, 0.15) is 11.5 Å². The van der Waals surface area contributed by atoms with Crippen LogP contribution in [0, 0.1) is 0 Å². The molecule has 22 heavy (non-hydrogen) atoms. The van der Waals surface area contributed by atoms with Crippen molar-refractivity contribution >= 4 is 5.78 Å². The van der Waals surface area contributed by atoms with Gasteiger partial charge in [-0.25, -0.2) is 0 Å². The molecule has 0 spiro atoms. The van der Waals surface area contributed by atoms with Crippen molar-refractivity contribution in [3.63, 3.8) is 0 Å². The summed E-state index contributed by atoms with van der Waals surface area (Å²) in [7, 11) is 1.47. The number of para-hydroxylation sites is 1. The van der Waals surface area contributed by atoms with Crippen molar-refractivity contribution in [2.24, 2.45) is 0 Å². The number of phenols is 2. The third-order valence-electron chi connectivity index (χ3n) is 3.61. The second-order valence-corrected chi connectivity index (χ2v) is 4.92. The molecular formula is C16H14O6. The zero-order chi connectivity index (χ0) is 15.9. The van der Waals surface area contributed by atoms with Crippen molar-refractivity contribution in [3.8, 4) is 23.0 Å². The third-order valence-corrected chi connectivity index (χ3v) is 3.61. The Bertz CT molecular complexity index is 739. The zero-order valence-corrected chi connectivity index (χ0v) is 11.7. The van der Waals surface area contributed by atoms with Gasteiger partial charge in [-0.05, 0) is 24.3 Å². The summed E-state index contributed by atoms with van der Waals surface area (Å²) < 4.78 is 10.7. The number of rotatable bonds is 2. The molecule has 0 aromatic heterocycles. The molecule has 2 aromatic carbocycles. The maximum Gasteiger partial charge on any atom is 0.199 e. The number of methoxy groups -OCH3 is 1. The number of phenolic OH excluding ortho intramolecular Hbond substituents is 2. The number of carbonyl (C=O) groups is 1. The number of hydrogen-bond acceptors (Lipinski definition) is 6. The molecule has 2 aromatic rings. The molecule has 6 nitrogen and oxygen atoms in total. The van der Waals surface area contributed by atoms with Crippen LogP contribution in [0.2, 0.25) is 0 Å². The van der Waals surface area contributed by atoms with E-state index in [1.54, 1.807) is 12.1 Å². The molecule has 0 aliphatic carbocycles. The molecule has 1 aliphatic rings. The van der Waals surface area contributed by atoms with Gasteiger partial charge in [0.05, 0.1) is 12.7 Å². The van der Waals surface area contributed by atoms with E-state index in [1.807, 2.05) is 0 Å². The summed E-state index contributed by atoms with van der Waals surface area (Å²) in [6, 6.07) is 8.95. The monoisotopic (exact) mass is 302 g/mol. The molecule has 2 atom stereocenters. The van der Waals surface area contributed by atoms with Crippen molar-refractivity contribution in [1.29, 1.82) is 0 Å². The topological polar surface area (TPSA) is 96.2 Å². The van der Waals surface area contributed by atoms with E-state index in [2.05, 4.69) is 0 Å². The SMILES string of the molecule is COc1ccc2c(c1)C(=O)[C@@H](O)[C@H](c1cccc(O)c1O)O2. The number of Topliss-reactive ketones (excluding diaryl/α,β-unsaturated/α-hetero) is 1. The van der Waals surface area contributed by atoms with Gasteiger partial charge in [0.2, 0.25) is 0 Å². The van der Waals surface area contributed by atoms with Crippen LogP contribution in [-0.4, -0.2) is 34.3 Å². The molecule has 0 amide bonds. The fourth-order valence-corrected chi connectivity index (χ4v) is 2.44. The molecule has 0 bridgehead atoms. The molecule has 1 aliphatic heterocycles. The van der Waals surface area contributed by atoms with E-state index in [0.717, 1.165) is 0 Å². The van der Waals surface area contributed by atoms with Gasteiger partial charge < -0.3 is 24.8 Å². The quantitative estimate of drug-likeness (QED) is 0.732. The molecule has 3 rings (SSSR count). The number of ether oxygens (including phenoxy) is 2. The van der Waals surface area contributed by atoms with Crippen LogP contribution in [0.3, 0.4) is 0 Å². The summed E-state index contributed by atoms with van der Waals surface area (Å²) in [6.07, 6.45) is -2.59.